The first-order chi connectivity index (χ1) is 23.5. The Balaban J connectivity index is 2.43. The normalized spacial score (nSPS) is 22.6. The summed E-state index contributed by atoms with van der Waals surface area (Å²) in [7, 11) is -10.7. The second-order valence-electron chi connectivity index (χ2n) is 5.94. The summed E-state index contributed by atoms with van der Waals surface area (Å²) in [6, 6.07) is 0. The Morgan fingerprint density at radius 1 is 0.531 bits per heavy atom. The van der Waals surface area contributed by atoms with Crippen LogP contribution in [0.5, 0.6) is 0 Å². The topological polar surface area (TPSA) is 471 Å². The van der Waals surface area contributed by atoms with Crippen molar-refractivity contribution in [3.05, 3.63) is 0 Å². The molecule has 1 heterocycles. The molecule has 0 radical (unpaired) electrons. The van der Waals surface area contributed by atoms with Crippen LogP contribution in [-0.2, 0) is 168 Å². The molecule has 0 aromatic heterocycles. The molecule has 294 valence electrons. The van der Waals surface area contributed by atoms with E-state index in [-0.39, 0.29) is 0 Å². The van der Waals surface area contributed by atoms with Gasteiger partial charge in [0.2, 0.25) is 5.79 Å². The van der Waals surface area contributed by atoms with Gasteiger partial charge in [-0.25, -0.2) is 19.6 Å². The third kappa shape index (κ3) is 23.2. The average molecular weight is 804 g/mol. The minimum atomic E-state index is -5.44. The van der Waals surface area contributed by atoms with E-state index in [9.17, 15) is 24.4 Å². The maximum absolute atomic E-state index is 12.6. The van der Waals surface area contributed by atoms with E-state index in [0.717, 1.165) is 0 Å². The molecule has 43 heteroatoms. The predicted molar refractivity (Wildman–Crippen MR) is 90.1 cm³/mol. The molecule has 1 aliphatic rings. The summed E-state index contributed by atoms with van der Waals surface area (Å²) in [4.78, 5) is 17.5. The number of phosphoric ester groups is 1. The molecular formula is C6H14O41P2. The second kappa shape index (κ2) is 27.5. The fraction of sp³-hybridized carbons (Fsp3) is 1.00. The molecule has 1 rings (SSSR count). The molecule has 0 saturated carbocycles. The summed E-state index contributed by atoms with van der Waals surface area (Å²) in [5, 5.41) is 138. The van der Waals surface area contributed by atoms with Crippen molar-refractivity contribution in [2.45, 2.75) is 24.1 Å². The number of aliphatic hydroxyl groups excluding tert-OH is 2. The summed E-state index contributed by atoms with van der Waals surface area (Å²) >= 11 is 0. The Morgan fingerprint density at radius 3 is 1.18 bits per heavy atom. The zero-order valence-corrected chi connectivity index (χ0v) is 23.3. The minimum absolute atomic E-state index is 1.25. The summed E-state index contributed by atoms with van der Waals surface area (Å²) in [6.45, 7) is -2.66. The molecule has 0 aliphatic carbocycles. The van der Waals surface area contributed by atoms with Crippen LogP contribution in [0.3, 0.4) is 0 Å². The molecule has 0 amide bonds. The molecule has 0 aromatic rings. The van der Waals surface area contributed by atoms with E-state index in [1.54, 1.807) is 0 Å². The lowest BCUT2D eigenvalue weighted by Gasteiger charge is -2.25. The largest absolute Gasteiger partial charge is 0.534 e. The van der Waals surface area contributed by atoms with Gasteiger partial charge in [0.25, 0.3) is 0 Å². The van der Waals surface area contributed by atoms with Crippen LogP contribution in [0.2, 0.25) is 0 Å². The molecule has 5 atom stereocenters. The molecular weight excluding hydrogens is 790 g/mol. The summed E-state index contributed by atoms with van der Waals surface area (Å²) in [6.07, 6.45) is -6.38. The maximum atomic E-state index is 12.6. The molecule has 1 aliphatic heterocycles. The van der Waals surface area contributed by atoms with Gasteiger partial charge in [0.15, 0.2) is 0 Å². The summed E-state index contributed by atoms with van der Waals surface area (Å²) in [5.74, 6) is -2.97. The lowest BCUT2D eigenvalue weighted by molar-refractivity contribution is -0.882. The van der Waals surface area contributed by atoms with Crippen molar-refractivity contribution >= 4 is 15.6 Å². The molecule has 1 saturated heterocycles. The Hall–Kier alpha value is -1.10. The first-order valence-electron chi connectivity index (χ1n) is 9.83. The van der Waals surface area contributed by atoms with E-state index in [2.05, 4.69) is 154 Å². The molecule has 0 bridgehead atoms. The van der Waals surface area contributed by atoms with E-state index in [4.69, 9.17) is 25.0 Å². The van der Waals surface area contributed by atoms with Crippen LogP contribution in [-0.4, -0.2) is 72.9 Å². The highest BCUT2D eigenvalue weighted by Gasteiger charge is 2.55. The zero-order valence-electron chi connectivity index (χ0n) is 21.6. The zero-order chi connectivity index (χ0) is 36.3. The molecule has 1 unspecified atom stereocenters. The van der Waals surface area contributed by atoms with Crippen molar-refractivity contribution in [1.29, 1.82) is 0 Å². The van der Waals surface area contributed by atoms with Gasteiger partial charge in [-0.2, -0.15) is 0 Å². The lowest BCUT2D eigenvalue weighted by atomic mass is 10.1. The van der Waals surface area contributed by atoms with Crippen LogP contribution in [0, 0.1) is 0 Å². The van der Waals surface area contributed by atoms with Crippen LogP contribution in [0.1, 0.15) is 0 Å². The van der Waals surface area contributed by atoms with Gasteiger partial charge in [0.1, 0.15) is 24.9 Å². The van der Waals surface area contributed by atoms with Crippen LogP contribution < -0.4 is 0 Å². The highest BCUT2D eigenvalue weighted by atomic mass is 31.2. The highest BCUT2D eigenvalue weighted by molar-refractivity contribution is 7.48. The van der Waals surface area contributed by atoms with Gasteiger partial charge < -0.3 is 29.8 Å². The van der Waals surface area contributed by atoms with Crippen LogP contribution in [0.4, 0.5) is 0 Å². The number of phosphoric acid groups is 2. The van der Waals surface area contributed by atoms with E-state index < -0.39 is 53.0 Å². The van der Waals surface area contributed by atoms with Gasteiger partial charge in [-0.15, -0.1) is 0 Å². The van der Waals surface area contributed by atoms with Crippen LogP contribution in [0.25, 0.3) is 0 Å². The maximum Gasteiger partial charge on any atom is 0.534 e. The van der Waals surface area contributed by atoms with Gasteiger partial charge in [0.05, 0.1) is 6.61 Å². The van der Waals surface area contributed by atoms with Crippen LogP contribution in [0.15, 0.2) is 0 Å². The smallest absolute Gasteiger partial charge is 0.387 e. The second-order valence-corrected chi connectivity index (χ2v) is 8.63. The Kier molecular flexibility index (Phi) is 25.8. The number of aliphatic hydroxyl groups is 3. The fourth-order valence-electron chi connectivity index (χ4n) is 1.88. The third-order valence-electron chi connectivity index (χ3n) is 3.30. The Bertz CT molecular complexity index is 863. The van der Waals surface area contributed by atoms with E-state index in [1.807, 2.05) is 0 Å². The van der Waals surface area contributed by atoms with Gasteiger partial charge in [-0.1, -0.05) is 9.35 Å². The number of ether oxygens (including phenoxy) is 1. The van der Waals surface area contributed by atoms with Gasteiger partial charge in [0, 0.05) is 0 Å². The summed E-state index contributed by atoms with van der Waals surface area (Å²) < 4.78 is 44.8. The number of rotatable bonds is 35. The molecule has 0 aromatic carbocycles. The first kappa shape index (κ1) is 45.9. The number of hydrogen-bond acceptors (Lipinski definition) is 39. The molecule has 1 fully saturated rings. The standard InChI is InChI=1S/C6H14O41P2/c7-4-3(18-6(9,5(4)8)2-17-48(12,13)14)1-16-49(15,46-44-42-40-38-36-34-32-30-28-26-24-22-20-11)47-45-43-41-39-37-35-33-31-29-27-25-23-21-19-10/h3-5,7-11H,1-2H2,(H2,12,13,14)/t3-,4+,5+,6+,49?/m0/s1. The van der Waals surface area contributed by atoms with Gasteiger partial charge in [-0.05, 0) is 136 Å². The first-order valence-corrected chi connectivity index (χ1v) is 12.8. The molecule has 7 N–H and O–H groups in total. The average Bonchev–Trinajstić information content (AvgIpc) is 3.28. The summed E-state index contributed by atoms with van der Waals surface area (Å²) in [5.41, 5.74) is 0. The van der Waals surface area contributed by atoms with E-state index in [0.29, 0.717) is 0 Å². The monoisotopic (exact) mass is 804 g/mol. The van der Waals surface area contributed by atoms with E-state index >= 15 is 0 Å². The van der Waals surface area contributed by atoms with Crippen molar-refractivity contribution in [1.82, 2.24) is 0 Å². The SMILES string of the molecule is O=P(O)(O)OC[C@@]1(O)O[C@@H](COP(=O)(OOOOOOOOOOOOOOO)OOOOOOOOOOOOOOOO)[C@@H](O)[C@H]1O. The Labute approximate surface area is 258 Å². The molecule has 41 nitrogen and oxygen atoms in total. The minimum Gasteiger partial charge on any atom is -0.387 e. The number of hydrogen-bond donors (Lipinski definition) is 7. The van der Waals surface area contributed by atoms with Crippen molar-refractivity contribution in [2.24, 2.45) is 0 Å². The van der Waals surface area contributed by atoms with Crippen molar-refractivity contribution in [3.63, 3.8) is 0 Å². The van der Waals surface area contributed by atoms with Gasteiger partial charge in [-0.3, -0.25) is 9.05 Å². The molecule has 0 spiro atoms. The van der Waals surface area contributed by atoms with Gasteiger partial charge >= 0.3 is 15.6 Å². The quantitative estimate of drug-likeness (QED) is 0.0140. The highest BCUT2D eigenvalue weighted by Crippen LogP contribution is 2.51. The molecule has 49 heavy (non-hydrogen) atoms. The van der Waals surface area contributed by atoms with Crippen molar-refractivity contribution in [3.8, 4) is 0 Å². The fourth-order valence-corrected chi connectivity index (χ4v) is 2.88. The Morgan fingerprint density at radius 2 is 0.857 bits per heavy atom. The predicted octanol–water partition coefficient (Wildman–Crippen LogP) is -3.84. The lowest BCUT2D eigenvalue weighted by Crippen LogP contribution is -2.46. The third-order valence-corrected chi connectivity index (χ3v) is 4.72. The van der Waals surface area contributed by atoms with Crippen molar-refractivity contribution < 1.29 is 204 Å². The van der Waals surface area contributed by atoms with E-state index in [1.165, 1.54) is 0 Å². The van der Waals surface area contributed by atoms with Crippen molar-refractivity contribution in [2.75, 3.05) is 13.2 Å². The van der Waals surface area contributed by atoms with Crippen LogP contribution >= 0.6 is 15.6 Å².